The molecular weight excluding hydrogens is 468 g/mol. The van der Waals surface area contributed by atoms with Crippen LogP contribution in [0.15, 0.2) is 47.4 Å². The van der Waals surface area contributed by atoms with Gasteiger partial charge in [0.2, 0.25) is 0 Å². The first-order valence-corrected chi connectivity index (χ1v) is 10.3. The molecule has 1 aliphatic heterocycles. The Morgan fingerprint density at radius 2 is 1.77 bits per heavy atom. The fraction of sp³-hybridized carbons (Fsp3) is 0.350. The number of carbonyl (C=O) groups excluding carboxylic acids is 1. The Morgan fingerprint density at radius 1 is 1.13 bits per heavy atom. The molecule has 1 atom stereocenters. The van der Waals surface area contributed by atoms with Gasteiger partial charge in [-0.05, 0) is 36.8 Å². The summed E-state index contributed by atoms with van der Waals surface area (Å²) in [5.41, 5.74) is -6.00. The number of rotatable bonds is 3. The molecule has 0 spiro atoms. The highest BCUT2D eigenvalue weighted by atomic mass is 35.5. The van der Waals surface area contributed by atoms with Crippen molar-refractivity contribution < 1.29 is 36.2 Å². The molecule has 3 rings (SSSR count). The molecular formula is C20H16ClF6NO2S. The first-order chi connectivity index (χ1) is 14.3. The van der Waals surface area contributed by atoms with Crippen molar-refractivity contribution in [2.75, 3.05) is 11.4 Å². The van der Waals surface area contributed by atoms with E-state index in [9.17, 15) is 36.2 Å². The molecule has 0 aliphatic carbocycles. The number of aliphatic hydroxyl groups is 1. The summed E-state index contributed by atoms with van der Waals surface area (Å²) in [6.07, 6.45) is -11.5. The van der Waals surface area contributed by atoms with E-state index in [1.165, 1.54) is 17.0 Å². The quantitative estimate of drug-likeness (QED) is 0.530. The highest BCUT2D eigenvalue weighted by Gasteiger charge is 2.71. The molecule has 11 heteroatoms. The lowest BCUT2D eigenvalue weighted by atomic mass is 9.92. The lowest BCUT2D eigenvalue weighted by molar-refractivity contribution is -0.376. The zero-order valence-electron chi connectivity index (χ0n) is 15.9. The second kappa shape index (κ2) is 8.22. The minimum Gasteiger partial charge on any atom is -0.369 e. The fourth-order valence-electron chi connectivity index (χ4n) is 3.25. The number of thioether (sulfide) groups is 1. The van der Waals surface area contributed by atoms with Crippen LogP contribution in [0, 0.1) is 0 Å². The van der Waals surface area contributed by atoms with Crippen LogP contribution in [0.2, 0.25) is 5.02 Å². The van der Waals surface area contributed by atoms with E-state index in [4.69, 9.17) is 11.6 Å². The van der Waals surface area contributed by atoms with Crippen molar-refractivity contribution in [1.29, 1.82) is 0 Å². The Kier molecular flexibility index (Phi) is 6.29. The monoisotopic (exact) mass is 483 g/mol. The SMILES string of the molecule is CCC1CN(C(=O)c2cccc(Cl)c2)c2ccc(C(O)(C(F)(F)F)C(F)(F)F)cc2S1. The van der Waals surface area contributed by atoms with Gasteiger partial charge < -0.3 is 10.0 Å². The topological polar surface area (TPSA) is 40.5 Å². The summed E-state index contributed by atoms with van der Waals surface area (Å²) < 4.78 is 79.6. The maximum Gasteiger partial charge on any atom is 0.430 e. The third-order valence-electron chi connectivity index (χ3n) is 4.94. The molecule has 0 saturated heterocycles. The van der Waals surface area contributed by atoms with Crippen molar-refractivity contribution >= 4 is 35.0 Å². The number of benzene rings is 2. The number of carbonyl (C=O) groups is 1. The van der Waals surface area contributed by atoms with E-state index in [-0.39, 0.29) is 27.9 Å². The van der Waals surface area contributed by atoms with Gasteiger partial charge in [-0.3, -0.25) is 4.79 Å². The number of anilines is 1. The van der Waals surface area contributed by atoms with Crippen molar-refractivity contribution in [3.63, 3.8) is 0 Å². The number of nitrogens with zero attached hydrogens (tertiary/aromatic N) is 1. The average molecular weight is 484 g/mol. The van der Waals surface area contributed by atoms with Gasteiger partial charge in [-0.2, -0.15) is 26.3 Å². The van der Waals surface area contributed by atoms with E-state index in [0.717, 1.165) is 17.8 Å². The van der Waals surface area contributed by atoms with Gasteiger partial charge in [0.15, 0.2) is 0 Å². The number of fused-ring (bicyclic) bond motifs is 1. The Hall–Kier alpha value is -1.91. The molecule has 168 valence electrons. The summed E-state index contributed by atoms with van der Waals surface area (Å²) in [4.78, 5) is 14.4. The zero-order valence-corrected chi connectivity index (χ0v) is 17.5. The van der Waals surface area contributed by atoms with Crippen LogP contribution in [-0.2, 0) is 5.60 Å². The molecule has 1 N–H and O–H groups in total. The van der Waals surface area contributed by atoms with Crippen molar-refractivity contribution in [3.05, 3.63) is 58.6 Å². The number of hydrogen-bond donors (Lipinski definition) is 1. The molecule has 1 unspecified atom stereocenters. The largest absolute Gasteiger partial charge is 0.430 e. The molecule has 3 nitrogen and oxygen atoms in total. The zero-order chi connectivity index (χ0) is 23.2. The highest BCUT2D eigenvalue weighted by molar-refractivity contribution is 8.00. The molecule has 0 saturated carbocycles. The Morgan fingerprint density at radius 3 is 2.32 bits per heavy atom. The number of amides is 1. The number of hydrogen-bond acceptors (Lipinski definition) is 3. The highest BCUT2D eigenvalue weighted by Crippen LogP contribution is 2.52. The van der Waals surface area contributed by atoms with Crippen molar-refractivity contribution in [1.82, 2.24) is 0 Å². The van der Waals surface area contributed by atoms with Crippen LogP contribution in [0.4, 0.5) is 32.0 Å². The fourth-order valence-corrected chi connectivity index (χ4v) is 4.68. The van der Waals surface area contributed by atoms with Crippen LogP contribution in [0.5, 0.6) is 0 Å². The van der Waals surface area contributed by atoms with Gasteiger partial charge in [-0.1, -0.05) is 30.7 Å². The van der Waals surface area contributed by atoms with Crippen LogP contribution >= 0.6 is 23.4 Å². The van der Waals surface area contributed by atoms with Crippen LogP contribution in [0.25, 0.3) is 0 Å². The van der Waals surface area contributed by atoms with Gasteiger partial charge in [-0.15, -0.1) is 11.8 Å². The lowest BCUT2D eigenvalue weighted by Crippen LogP contribution is -2.54. The van der Waals surface area contributed by atoms with Crippen molar-refractivity contribution in [2.24, 2.45) is 0 Å². The Labute approximate surface area is 183 Å². The lowest BCUT2D eigenvalue weighted by Gasteiger charge is -2.36. The van der Waals surface area contributed by atoms with Gasteiger partial charge in [0, 0.05) is 32.8 Å². The maximum atomic E-state index is 13.3. The summed E-state index contributed by atoms with van der Waals surface area (Å²) >= 11 is 6.99. The minimum atomic E-state index is -5.99. The molecule has 0 radical (unpaired) electrons. The molecule has 0 fully saturated rings. The van der Waals surface area contributed by atoms with E-state index in [1.54, 1.807) is 19.1 Å². The predicted molar refractivity (Wildman–Crippen MR) is 106 cm³/mol. The van der Waals surface area contributed by atoms with E-state index >= 15 is 0 Å². The van der Waals surface area contributed by atoms with Gasteiger partial charge in [0.25, 0.3) is 11.5 Å². The second-order valence-corrected chi connectivity index (χ2v) is 8.74. The van der Waals surface area contributed by atoms with E-state index < -0.39 is 29.4 Å². The molecule has 1 heterocycles. The van der Waals surface area contributed by atoms with Crippen molar-refractivity contribution in [3.8, 4) is 0 Å². The van der Waals surface area contributed by atoms with Gasteiger partial charge in [0.1, 0.15) is 0 Å². The smallest absolute Gasteiger partial charge is 0.369 e. The molecule has 0 bridgehead atoms. The normalized spacial score (nSPS) is 17.5. The van der Waals surface area contributed by atoms with E-state index in [0.29, 0.717) is 23.6 Å². The molecule has 0 aromatic heterocycles. The standard InChI is InChI=1S/C20H16ClF6NO2S/c1-2-14-10-28(17(29)11-4-3-5-13(21)8-11)15-7-6-12(9-16(15)31-14)18(30,19(22,23)24)20(25,26)27/h3-9,14,30H,2,10H2,1H3. The van der Waals surface area contributed by atoms with Gasteiger partial charge >= 0.3 is 12.4 Å². The van der Waals surface area contributed by atoms with E-state index in [2.05, 4.69) is 0 Å². The first-order valence-electron chi connectivity index (χ1n) is 9.04. The third kappa shape index (κ3) is 4.25. The molecule has 31 heavy (non-hydrogen) atoms. The van der Waals surface area contributed by atoms with Crippen LogP contribution in [0.1, 0.15) is 29.3 Å². The molecule has 1 amide bonds. The van der Waals surface area contributed by atoms with Crippen LogP contribution in [0.3, 0.4) is 0 Å². The minimum absolute atomic E-state index is 0.0397. The summed E-state index contributed by atoms with van der Waals surface area (Å²) in [6.45, 7) is 2.00. The summed E-state index contributed by atoms with van der Waals surface area (Å²) in [6, 6.07) is 8.25. The van der Waals surface area contributed by atoms with Gasteiger partial charge in [-0.25, -0.2) is 0 Å². The summed E-state index contributed by atoms with van der Waals surface area (Å²) in [7, 11) is 0. The summed E-state index contributed by atoms with van der Waals surface area (Å²) in [5.74, 6) is -0.489. The Balaban J connectivity index is 2.11. The molecule has 2 aromatic carbocycles. The van der Waals surface area contributed by atoms with Crippen molar-refractivity contribution in [2.45, 2.75) is 41.4 Å². The Bertz CT molecular complexity index is 980. The van der Waals surface area contributed by atoms with Crippen LogP contribution < -0.4 is 4.90 Å². The number of halogens is 7. The first kappa shape index (κ1) is 23.7. The van der Waals surface area contributed by atoms with Gasteiger partial charge in [0.05, 0.1) is 5.69 Å². The second-order valence-electron chi connectivity index (χ2n) is 6.96. The third-order valence-corrected chi connectivity index (χ3v) is 6.57. The predicted octanol–water partition coefficient (Wildman–Crippen LogP) is 6.18. The number of alkyl halides is 6. The summed E-state index contributed by atoms with van der Waals surface area (Å²) in [5, 5.41) is 9.75. The van der Waals surface area contributed by atoms with E-state index in [1.807, 2.05) is 0 Å². The average Bonchev–Trinajstić information content (AvgIpc) is 2.69. The molecule has 1 aliphatic rings. The maximum absolute atomic E-state index is 13.3. The van der Waals surface area contributed by atoms with Crippen LogP contribution in [-0.4, -0.2) is 35.2 Å². The molecule has 2 aromatic rings.